The third kappa shape index (κ3) is 5.23. The summed E-state index contributed by atoms with van der Waals surface area (Å²) in [6.45, 7) is 12.6. The summed E-state index contributed by atoms with van der Waals surface area (Å²) in [5.74, 6) is -0.0773. The van der Waals surface area contributed by atoms with Crippen molar-refractivity contribution in [3.63, 3.8) is 0 Å². The van der Waals surface area contributed by atoms with Gasteiger partial charge in [-0.3, -0.25) is 4.79 Å². The van der Waals surface area contributed by atoms with E-state index >= 15 is 0 Å². The molecule has 0 fully saturated rings. The molecule has 0 spiro atoms. The van der Waals surface area contributed by atoms with Crippen LogP contribution in [-0.2, 0) is 15.8 Å². The Labute approximate surface area is 135 Å². The van der Waals surface area contributed by atoms with E-state index in [-0.39, 0.29) is 10.9 Å². The van der Waals surface area contributed by atoms with E-state index in [2.05, 4.69) is 39.2 Å². The van der Waals surface area contributed by atoms with Crippen molar-refractivity contribution in [3.8, 4) is 0 Å². The quantitative estimate of drug-likeness (QED) is 0.616. The molecule has 0 aromatic heterocycles. The fourth-order valence-corrected chi connectivity index (χ4v) is 2.65. The van der Waals surface area contributed by atoms with Gasteiger partial charge in [0.15, 0.2) is 8.32 Å². The molecule has 0 radical (unpaired) electrons. The first-order valence-electron chi connectivity index (χ1n) is 7.68. The molecular weight excluding hydrogens is 294 g/mol. The third-order valence-corrected chi connectivity index (χ3v) is 8.73. The molecule has 1 N–H and O–H groups in total. The molecule has 4 nitrogen and oxygen atoms in total. The van der Waals surface area contributed by atoms with Gasteiger partial charge in [0.25, 0.3) is 5.91 Å². The van der Waals surface area contributed by atoms with Gasteiger partial charge in [0.05, 0.1) is 13.2 Å². The number of ether oxygens (including phenoxy) is 1. The normalized spacial score (nSPS) is 12.3. The summed E-state index contributed by atoms with van der Waals surface area (Å²) >= 11 is 0. The smallest absolute Gasteiger partial charge is 0.251 e. The van der Waals surface area contributed by atoms with E-state index in [0.29, 0.717) is 25.3 Å². The second kappa shape index (κ2) is 7.90. The summed E-state index contributed by atoms with van der Waals surface area (Å²) in [5, 5.41) is 3.01. The highest BCUT2D eigenvalue weighted by Gasteiger charge is 2.37. The van der Waals surface area contributed by atoms with Gasteiger partial charge in [0.2, 0.25) is 0 Å². The van der Waals surface area contributed by atoms with Gasteiger partial charge in [-0.1, -0.05) is 39.0 Å². The first-order chi connectivity index (χ1) is 10.2. The molecule has 0 aliphatic heterocycles. The average Bonchev–Trinajstić information content (AvgIpc) is 2.44. The summed E-state index contributed by atoms with van der Waals surface area (Å²) in [6.07, 6.45) is 0. The van der Waals surface area contributed by atoms with Crippen molar-refractivity contribution in [2.24, 2.45) is 0 Å². The summed E-state index contributed by atoms with van der Waals surface area (Å²) in [6, 6.07) is 7.61. The van der Waals surface area contributed by atoms with E-state index < -0.39 is 8.32 Å². The SMILES string of the molecule is COCCNC(=O)c1ccccc1CO[Si](C)(C)C(C)(C)C. The number of benzene rings is 1. The topological polar surface area (TPSA) is 47.6 Å². The maximum Gasteiger partial charge on any atom is 0.251 e. The third-order valence-electron chi connectivity index (χ3n) is 4.25. The average molecular weight is 324 g/mol. The van der Waals surface area contributed by atoms with Crippen LogP contribution in [0.5, 0.6) is 0 Å². The fourth-order valence-electron chi connectivity index (χ4n) is 1.70. The van der Waals surface area contributed by atoms with Crippen molar-refractivity contribution in [2.45, 2.75) is 45.5 Å². The van der Waals surface area contributed by atoms with Crippen LogP contribution in [0.15, 0.2) is 24.3 Å². The molecule has 0 unspecified atom stereocenters. The lowest BCUT2D eigenvalue weighted by molar-refractivity contribution is 0.0934. The molecule has 0 aliphatic rings. The Kier molecular flexibility index (Phi) is 6.78. The van der Waals surface area contributed by atoms with E-state index in [9.17, 15) is 4.79 Å². The van der Waals surface area contributed by atoms with Crippen LogP contribution in [-0.4, -0.2) is 34.5 Å². The van der Waals surface area contributed by atoms with Crippen LogP contribution < -0.4 is 5.32 Å². The van der Waals surface area contributed by atoms with Crippen LogP contribution in [0, 0.1) is 0 Å². The molecule has 0 bridgehead atoms. The Bertz CT molecular complexity index is 495. The molecule has 1 aromatic rings. The van der Waals surface area contributed by atoms with Crippen molar-refractivity contribution < 1.29 is 14.0 Å². The number of methoxy groups -OCH3 is 1. The Hall–Kier alpha value is -1.17. The first-order valence-corrected chi connectivity index (χ1v) is 10.6. The van der Waals surface area contributed by atoms with E-state index in [1.165, 1.54) is 0 Å². The number of hydrogen-bond donors (Lipinski definition) is 1. The predicted molar refractivity (Wildman–Crippen MR) is 92.6 cm³/mol. The number of nitrogens with one attached hydrogen (secondary N) is 1. The van der Waals surface area contributed by atoms with Crippen LogP contribution in [0.1, 0.15) is 36.7 Å². The summed E-state index contributed by atoms with van der Waals surface area (Å²) in [5.41, 5.74) is 1.61. The van der Waals surface area contributed by atoms with Crippen molar-refractivity contribution in [3.05, 3.63) is 35.4 Å². The van der Waals surface area contributed by atoms with Gasteiger partial charge in [0, 0.05) is 19.2 Å². The Morgan fingerprint density at radius 2 is 1.86 bits per heavy atom. The van der Waals surface area contributed by atoms with Gasteiger partial charge in [-0.2, -0.15) is 0 Å². The van der Waals surface area contributed by atoms with Gasteiger partial charge >= 0.3 is 0 Å². The Morgan fingerprint density at radius 1 is 1.23 bits per heavy atom. The van der Waals surface area contributed by atoms with Crippen LogP contribution in [0.25, 0.3) is 0 Å². The maximum atomic E-state index is 12.3. The van der Waals surface area contributed by atoms with Gasteiger partial charge in [0.1, 0.15) is 0 Å². The number of amides is 1. The van der Waals surface area contributed by atoms with Crippen molar-refractivity contribution in [2.75, 3.05) is 20.3 Å². The molecule has 22 heavy (non-hydrogen) atoms. The highest BCUT2D eigenvalue weighted by molar-refractivity contribution is 6.74. The second-order valence-corrected chi connectivity index (χ2v) is 11.8. The molecule has 1 aromatic carbocycles. The summed E-state index contributed by atoms with van der Waals surface area (Å²) in [4.78, 5) is 12.3. The lowest BCUT2D eigenvalue weighted by Crippen LogP contribution is -2.40. The van der Waals surface area contributed by atoms with Crippen LogP contribution in [0.3, 0.4) is 0 Å². The molecule has 0 saturated carbocycles. The minimum absolute atomic E-state index is 0.0773. The minimum Gasteiger partial charge on any atom is -0.413 e. The molecule has 0 atom stereocenters. The number of hydrogen-bond acceptors (Lipinski definition) is 3. The van der Waals surface area contributed by atoms with Crippen LogP contribution in [0.4, 0.5) is 0 Å². The highest BCUT2D eigenvalue weighted by Crippen LogP contribution is 2.37. The number of carbonyl (C=O) groups is 1. The van der Waals surface area contributed by atoms with Crippen LogP contribution >= 0.6 is 0 Å². The van der Waals surface area contributed by atoms with Crippen molar-refractivity contribution in [1.82, 2.24) is 5.32 Å². The van der Waals surface area contributed by atoms with Crippen LogP contribution in [0.2, 0.25) is 18.1 Å². The standard InChI is InChI=1S/C17H29NO3Si/c1-17(2,3)22(5,6)21-13-14-9-7-8-10-15(14)16(19)18-11-12-20-4/h7-10H,11-13H2,1-6H3,(H,18,19). The highest BCUT2D eigenvalue weighted by atomic mass is 28.4. The van der Waals surface area contributed by atoms with Crippen molar-refractivity contribution in [1.29, 1.82) is 0 Å². The molecule has 0 aliphatic carbocycles. The molecule has 124 valence electrons. The summed E-state index contributed by atoms with van der Waals surface area (Å²) in [7, 11) is -0.210. The molecule has 1 amide bonds. The zero-order chi connectivity index (χ0) is 16.8. The molecule has 0 saturated heterocycles. The van der Waals surface area contributed by atoms with Gasteiger partial charge in [-0.15, -0.1) is 0 Å². The molecular formula is C17H29NO3Si. The Morgan fingerprint density at radius 3 is 2.45 bits per heavy atom. The fraction of sp³-hybridized carbons (Fsp3) is 0.588. The van der Waals surface area contributed by atoms with Crippen molar-refractivity contribution >= 4 is 14.2 Å². The van der Waals surface area contributed by atoms with E-state index in [4.69, 9.17) is 9.16 Å². The predicted octanol–water partition coefficient (Wildman–Crippen LogP) is 3.58. The molecule has 5 heteroatoms. The first kappa shape index (κ1) is 18.9. The minimum atomic E-state index is -1.83. The zero-order valence-electron chi connectivity index (χ0n) is 14.7. The lowest BCUT2D eigenvalue weighted by atomic mass is 10.1. The largest absolute Gasteiger partial charge is 0.413 e. The second-order valence-electron chi connectivity index (χ2n) is 6.95. The van der Waals surface area contributed by atoms with Gasteiger partial charge in [-0.25, -0.2) is 0 Å². The number of carbonyl (C=O) groups excluding carboxylic acids is 1. The molecule has 1 rings (SSSR count). The Balaban J connectivity index is 2.78. The van der Waals surface area contributed by atoms with E-state index in [1.807, 2.05) is 24.3 Å². The zero-order valence-corrected chi connectivity index (χ0v) is 15.7. The molecule has 0 heterocycles. The van der Waals surface area contributed by atoms with E-state index in [1.54, 1.807) is 7.11 Å². The summed E-state index contributed by atoms with van der Waals surface area (Å²) < 4.78 is 11.2. The monoisotopic (exact) mass is 323 g/mol. The maximum absolute atomic E-state index is 12.3. The van der Waals surface area contributed by atoms with Gasteiger partial charge < -0.3 is 14.5 Å². The van der Waals surface area contributed by atoms with Gasteiger partial charge in [-0.05, 0) is 29.8 Å². The van der Waals surface area contributed by atoms with E-state index in [0.717, 1.165) is 5.56 Å². The number of rotatable bonds is 7. The lowest BCUT2D eigenvalue weighted by Gasteiger charge is -2.36.